The molecule has 0 aliphatic carbocycles. The van der Waals surface area contributed by atoms with Crippen molar-refractivity contribution >= 4 is 40.8 Å². The van der Waals surface area contributed by atoms with Gasteiger partial charge in [-0.25, -0.2) is 9.69 Å². The van der Waals surface area contributed by atoms with Gasteiger partial charge in [0, 0.05) is 5.69 Å². The monoisotopic (exact) mass is 356 g/mol. The highest BCUT2D eigenvalue weighted by atomic mass is 35.5. The van der Waals surface area contributed by atoms with E-state index in [1.807, 2.05) is 13.0 Å². The van der Waals surface area contributed by atoms with E-state index < -0.39 is 17.8 Å². The van der Waals surface area contributed by atoms with Gasteiger partial charge in [-0.3, -0.25) is 9.59 Å². The molecule has 0 unspecified atom stereocenters. The molecule has 25 heavy (non-hydrogen) atoms. The van der Waals surface area contributed by atoms with Crippen LogP contribution in [0.4, 0.5) is 11.4 Å². The van der Waals surface area contributed by atoms with Crippen LogP contribution in [-0.4, -0.2) is 22.9 Å². The summed E-state index contributed by atoms with van der Waals surface area (Å²) in [6, 6.07) is 12.7. The molecule has 0 bridgehead atoms. The smallest absolute Gasteiger partial charge is 0.335 e. The number of rotatable bonds is 4. The minimum Gasteiger partial charge on any atom is -0.478 e. The van der Waals surface area contributed by atoms with Crippen LogP contribution in [0.2, 0.25) is 0 Å². The van der Waals surface area contributed by atoms with Crippen molar-refractivity contribution in [2.75, 3.05) is 10.2 Å². The number of aryl methyl sites for hydroxylation is 1. The Hall–Kier alpha value is -3.12. The number of hydrogen-bond acceptors (Lipinski definition) is 4. The van der Waals surface area contributed by atoms with E-state index in [4.69, 9.17) is 16.7 Å². The average molecular weight is 357 g/mol. The van der Waals surface area contributed by atoms with Gasteiger partial charge in [-0.15, -0.1) is 0 Å². The SMILES string of the molecule is Cc1cccc(N2C(=O)C(Cl)=C(Nc3ccc(C(=O)O)cc3)C2=O)c1. The molecule has 0 atom stereocenters. The summed E-state index contributed by atoms with van der Waals surface area (Å²) in [6.07, 6.45) is 0. The second kappa shape index (κ2) is 6.41. The lowest BCUT2D eigenvalue weighted by Gasteiger charge is -2.15. The molecule has 6 nitrogen and oxygen atoms in total. The number of carbonyl (C=O) groups excluding carboxylic acids is 2. The molecule has 0 spiro atoms. The summed E-state index contributed by atoms with van der Waals surface area (Å²) in [5, 5.41) is 11.5. The topological polar surface area (TPSA) is 86.7 Å². The Balaban J connectivity index is 1.88. The lowest BCUT2D eigenvalue weighted by Crippen LogP contribution is -2.32. The van der Waals surface area contributed by atoms with Crippen molar-refractivity contribution in [3.05, 3.63) is 70.4 Å². The van der Waals surface area contributed by atoms with Crippen LogP contribution in [0.15, 0.2) is 59.3 Å². The summed E-state index contributed by atoms with van der Waals surface area (Å²) in [5.74, 6) is -2.23. The standard InChI is InChI=1S/C18H13ClN2O4/c1-10-3-2-4-13(9-10)21-16(22)14(19)15(17(21)23)20-12-7-5-11(6-8-12)18(24)25/h2-9,20H,1H3,(H,24,25). The number of halogens is 1. The predicted molar refractivity (Wildman–Crippen MR) is 93.6 cm³/mol. The number of carboxylic acid groups (broad SMARTS) is 1. The number of benzene rings is 2. The number of imide groups is 1. The molecule has 0 radical (unpaired) electrons. The number of carboxylic acids is 1. The predicted octanol–water partition coefficient (Wildman–Crippen LogP) is 3.13. The number of carbonyl (C=O) groups is 3. The van der Waals surface area contributed by atoms with Gasteiger partial charge >= 0.3 is 5.97 Å². The molecule has 0 saturated heterocycles. The quantitative estimate of drug-likeness (QED) is 0.822. The zero-order valence-corrected chi connectivity index (χ0v) is 13.9. The van der Waals surface area contributed by atoms with Crippen molar-refractivity contribution in [2.24, 2.45) is 0 Å². The molecular formula is C18H13ClN2O4. The van der Waals surface area contributed by atoms with E-state index in [0.717, 1.165) is 10.5 Å². The van der Waals surface area contributed by atoms with Gasteiger partial charge in [-0.1, -0.05) is 23.7 Å². The molecule has 0 fully saturated rings. The third-order valence-corrected chi connectivity index (χ3v) is 4.04. The Morgan fingerprint density at radius 2 is 1.76 bits per heavy atom. The van der Waals surface area contributed by atoms with Gasteiger partial charge in [0.05, 0.1) is 11.3 Å². The van der Waals surface area contributed by atoms with Crippen LogP contribution in [0.5, 0.6) is 0 Å². The van der Waals surface area contributed by atoms with Crippen LogP contribution in [0.3, 0.4) is 0 Å². The molecule has 7 heteroatoms. The van der Waals surface area contributed by atoms with Crippen molar-refractivity contribution in [2.45, 2.75) is 6.92 Å². The number of aromatic carboxylic acids is 1. The zero-order valence-electron chi connectivity index (χ0n) is 13.1. The van der Waals surface area contributed by atoms with Crippen molar-refractivity contribution in [1.29, 1.82) is 0 Å². The Labute approximate surface area is 148 Å². The van der Waals surface area contributed by atoms with Crippen molar-refractivity contribution in [1.82, 2.24) is 0 Å². The van der Waals surface area contributed by atoms with Crippen LogP contribution >= 0.6 is 11.6 Å². The average Bonchev–Trinajstić information content (AvgIpc) is 2.79. The molecular weight excluding hydrogens is 344 g/mol. The van der Waals surface area contributed by atoms with Gasteiger partial charge in [0.25, 0.3) is 11.8 Å². The molecule has 1 aliphatic rings. The molecule has 2 amide bonds. The molecule has 2 aromatic carbocycles. The summed E-state index contributed by atoms with van der Waals surface area (Å²) < 4.78 is 0. The number of nitrogens with one attached hydrogen (secondary N) is 1. The van der Waals surface area contributed by atoms with Crippen molar-refractivity contribution < 1.29 is 19.5 Å². The fourth-order valence-corrected chi connectivity index (χ4v) is 2.67. The highest BCUT2D eigenvalue weighted by Crippen LogP contribution is 2.30. The molecule has 2 N–H and O–H groups in total. The van der Waals surface area contributed by atoms with Gasteiger partial charge in [0.15, 0.2) is 0 Å². The van der Waals surface area contributed by atoms with Gasteiger partial charge in [-0.2, -0.15) is 0 Å². The van der Waals surface area contributed by atoms with Crippen LogP contribution in [-0.2, 0) is 9.59 Å². The first-order valence-electron chi connectivity index (χ1n) is 7.34. The maximum absolute atomic E-state index is 12.6. The van der Waals surface area contributed by atoms with E-state index >= 15 is 0 Å². The summed E-state index contributed by atoms with van der Waals surface area (Å²) in [4.78, 5) is 36.9. The van der Waals surface area contributed by atoms with Gasteiger partial charge < -0.3 is 10.4 Å². The molecule has 3 rings (SSSR count). The van der Waals surface area contributed by atoms with Crippen molar-refractivity contribution in [3.8, 4) is 0 Å². The molecule has 0 saturated carbocycles. The summed E-state index contributed by atoms with van der Waals surface area (Å²) in [7, 11) is 0. The third kappa shape index (κ3) is 3.12. The molecule has 126 valence electrons. The Bertz CT molecular complexity index is 919. The van der Waals surface area contributed by atoms with E-state index in [9.17, 15) is 14.4 Å². The van der Waals surface area contributed by atoms with Gasteiger partial charge in [0.2, 0.25) is 0 Å². The normalized spacial score (nSPS) is 14.2. The Morgan fingerprint density at radius 3 is 2.36 bits per heavy atom. The third-order valence-electron chi connectivity index (χ3n) is 3.69. The Morgan fingerprint density at radius 1 is 1.08 bits per heavy atom. The number of amides is 2. The van der Waals surface area contributed by atoms with Gasteiger partial charge in [-0.05, 0) is 48.9 Å². The summed E-state index contributed by atoms with van der Waals surface area (Å²) >= 11 is 6.05. The van der Waals surface area contributed by atoms with Gasteiger partial charge in [0.1, 0.15) is 10.7 Å². The van der Waals surface area contributed by atoms with E-state index in [2.05, 4.69) is 5.32 Å². The molecule has 2 aromatic rings. The molecule has 1 heterocycles. The summed E-state index contributed by atoms with van der Waals surface area (Å²) in [6.45, 7) is 1.85. The minimum atomic E-state index is -1.05. The highest BCUT2D eigenvalue weighted by Gasteiger charge is 2.38. The first kappa shape index (κ1) is 16.7. The maximum atomic E-state index is 12.6. The van der Waals surface area contributed by atoms with Crippen LogP contribution < -0.4 is 10.2 Å². The maximum Gasteiger partial charge on any atom is 0.335 e. The van der Waals surface area contributed by atoms with Crippen LogP contribution in [0, 0.1) is 6.92 Å². The first-order valence-corrected chi connectivity index (χ1v) is 7.72. The number of hydrogen-bond donors (Lipinski definition) is 2. The van der Waals surface area contributed by atoms with E-state index in [1.165, 1.54) is 24.3 Å². The second-order valence-corrected chi connectivity index (χ2v) is 5.86. The van der Waals surface area contributed by atoms with E-state index in [-0.39, 0.29) is 16.3 Å². The largest absolute Gasteiger partial charge is 0.478 e. The lowest BCUT2D eigenvalue weighted by atomic mass is 10.2. The fourth-order valence-electron chi connectivity index (χ4n) is 2.45. The fraction of sp³-hybridized carbons (Fsp3) is 0.0556. The van der Waals surface area contributed by atoms with Crippen LogP contribution in [0.1, 0.15) is 15.9 Å². The van der Waals surface area contributed by atoms with Crippen LogP contribution in [0.25, 0.3) is 0 Å². The second-order valence-electron chi connectivity index (χ2n) is 5.48. The summed E-state index contributed by atoms with van der Waals surface area (Å²) in [5.41, 5.74) is 1.86. The highest BCUT2D eigenvalue weighted by molar-refractivity contribution is 6.53. The Kier molecular flexibility index (Phi) is 4.29. The minimum absolute atomic E-state index is 0.0451. The van der Waals surface area contributed by atoms with E-state index in [0.29, 0.717) is 11.4 Å². The molecule has 0 aromatic heterocycles. The first-order chi connectivity index (χ1) is 11.9. The zero-order chi connectivity index (χ0) is 18.1. The number of nitrogens with zero attached hydrogens (tertiary/aromatic N) is 1. The molecule has 1 aliphatic heterocycles. The number of anilines is 2. The van der Waals surface area contributed by atoms with E-state index in [1.54, 1.807) is 18.2 Å². The van der Waals surface area contributed by atoms with Crippen molar-refractivity contribution in [3.63, 3.8) is 0 Å². The lowest BCUT2D eigenvalue weighted by molar-refractivity contribution is -0.120.